The molecule has 0 saturated carbocycles. The average Bonchev–Trinajstić information content (AvgIpc) is 2.91. The lowest BCUT2D eigenvalue weighted by atomic mass is 10.1. The highest BCUT2D eigenvalue weighted by atomic mass is 16.7. The van der Waals surface area contributed by atoms with E-state index >= 15 is 0 Å². The third kappa shape index (κ3) is 2.33. The Kier molecular flexibility index (Phi) is 3.30. The summed E-state index contributed by atoms with van der Waals surface area (Å²) in [5.74, 6) is 1.57. The van der Waals surface area contributed by atoms with Gasteiger partial charge in [-0.2, -0.15) is 5.26 Å². The molecule has 1 unspecified atom stereocenters. The molecule has 1 aliphatic rings. The molecule has 100 valence electrons. The fourth-order valence-corrected chi connectivity index (χ4v) is 2.29. The van der Waals surface area contributed by atoms with E-state index in [0.29, 0.717) is 5.56 Å². The number of hydrogen-bond donors (Lipinski definition) is 0. The predicted molar refractivity (Wildman–Crippen MR) is 75.6 cm³/mol. The van der Waals surface area contributed by atoms with Crippen LogP contribution >= 0.6 is 0 Å². The highest BCUT2D eigenvalue weighted by Crippen LogP contribution is 2.41. The molecule has 0 N–H and O–H groups in total. The molecule has 0 radical (unpaired) electrons. The molecule has 1 aliphatic heterocycles. The minimum absolute atomic E-state index is 0.422. The minimum Gasteiger partial charge on any atom is -0.447 e. The van der Waals surface area contributed by atoms with Crippen LogP contribution in [0.1, 0.15) is 36.3 Å². The zero-order valence-electron chi connectivity index (χ0n) is 11.3. The molecule has 0 aromatic heterocycles. The van der Waals surface area contributed by atoms with Crippen LogP contribution in [0.5, 0.6) is 11.5 Å². The van der Waals surface area contributed by atoms with Crippen LogP contribution in [-0.2, 0) is 6.42 Å². The van der Waals surface area contributed by atoms with Crippen LogP contribution in [0.4, 0.5) is 0 Å². The Balaban J connectivity index is 1.80. The molecule has 3 nitrogen and oxygen atoms in total. The molecule has 2 aromatic carbocycles. The van der Waals surface area contributed by atoms with Gasteiger partial charge in [0.1, 0.15) is 0 Å². The number of nitrogens with zero attached hydrogens (tertiary/aromatic N) is 1. The van der Waals surface area contributed by atoms with Crippen LogP contribution in [0.15, 0.2) is 42.5 Å². The fraction of sp³-hybridized carbons (Fsp3) is 0.235. The number of fused-ring (bicyclic) bond motifs is 1. The first kappa shape index (κ1) is 12.6. The summed E-state index contributed by atoms with van der Waals surface area (Å²) >= 11 is 0. The normalized spacial score (nSPS) is 15.9. The number of aryl methyl sites for hydroxylation is 1. The molecule has 1 atom stereocenters. The Morgan fingerprint density at radius 2 is 1.80 bits per heavy atom. The van der Waals surface area contributed by atoms with Gasteiger partial charge in [-0.3, -0.25) is 0 Å². The third-order valence-electron chi connectivity index (χ3n) is 3.33. The van der Waals surface area contributed by atoms with Gasteiger partial charge in [0.05, 0.1) is 11.6 Å². The molecule has 0 bridgehead atoms. The van der Waals surface area contributed by atoms with E-state index in [0.717, 1.165) is 29.9 Å². The van der Waals surface area contributed by atoms with Crippen molar-refractivity contribution in [1.82, 2.24) is 0 Å². The molecule has 0 aliphatic carbocycles. The number of benzene rings is 2. The lowest BCUT2D eigenvalue weighted by molar-refractivity contribution is 0.0487. The fourth-order valence-electron chi connectivity index (χ4n) is 2.29. The maximum absolute atomic E-state index is 8.80. The summed E-state index contributed by atoms with van der Waals surface area (Å²) in [7, 11) is 0. The maximum atomic E-state index is 8.80. The van der Waals surface area contributed by atoms with Gasteiger partial charge in [-0.15, -0.1) is 0 Å². The zero-order chi connectivity index (χ0) is 13.9. The van der Waals surface area contributed by atoms with Crippen LogP contribution in [-0.4, -0.2) is 0 Å². The number of nitriles is 1. The van der Waals surface area contributed by atoms with Crippen molar-refractivity contribution in [1.29, 1.82) is 5.26 Å². The van der Waals surface area contributed by atoms with Gasteiger partial charge >= 0.3 is 0 Å². The van der Waals surface area contributed by atoms with E-state index in [1.165, 1.54) is 5.56 Å². The predicted octanol–water partition coefficient (Wildman–Crippen LogP) is 3.98. The SMILES string of the molecule is CCCc1ccc2c(c1)OC(c1ccc(C#N)cc1)O2. The van der Waals surface area contributed by atoms with E-state index in [-0.39, 0.29) is 0 Å². The summed E-state index contributed by atoms with van der Waals surface area (Å²) in [5, 5.41) is 8.80. The molecule has 3 rings (SSSR count). The van der Waals surface area contributed by atoms with E-state index in [1.807, 2.05) is 24.3 Å². The van der Waals surface area contributed by atoms with Crippen LogP contribution in [0.25, 0.3) is 0 Å². The molecule has 0 spiro atoms. The Morgan fingerprint density at radius 1 is 1.05 bits per heavy atom. The van der Waals surface area contributed by atoms with E-state index in [1.54, 1.807) is 12.1 Å². The van der Waals surface area contributed by atoms with Gasteiger partial charge in [-0.25, -0.2) is 0 Å². The second-order valence-electron chi connectivity index (χ2n) is 4.83. The topological polar surface area (TPSA) is 42.2 Å². The highest BCUT2D eigenvalue weighted by Gasteiger charge is 2.25. The van der Waals surface area contributed by atoms with Gasteiger partial charge < -0.3 is 9.47 Å². The quantitative estimate of drug-likeness (QED) is 0.843. The largest absolute Gasteiger partial charge is 0.447 e. The second kappa shape index (κ2) is 5.26. The summed E-state index contributed by atoms with van der Waals surface area (Å²) in [6, 6.07) is 15.5. The van der Waals surface area contributed by atoms with Gasteiger partial charge in [0.15, 0.2) is 11.5 Å². The molecule has 0 fully saturated rings. The molecule has 3 heteroatoms. The number of ether oxygens (including phenoxy) is 2. The summed E-state index contributed by atoms with van der Waals surface area (Å²) < 4.78 is 11.6. The van der Waals surface area contributed by atoms with Gasteiger partial charge in [0.25, 0.3) is 6.29 Å². The van der Waals surface area contributed by atoms with E-state index in [4.69, 9.17) is 14.7 Å². The van der Waals surface area contributed by atoms with Crippen LogP contribution < -0.4 is 9.47 Å². The summed E-state index contributed by atoms with van der Waals surface area (Å²) in [6.07, 6.45) is 1.73. The first-order valence-corrected chi connectivity index (χ1v) is 6.76. The van der Waals surface area contributed by atoms with Gasteiger partial charge in [0.2, 0.25) is 0 Å². The second-order valence-corrected chi connectivity index (χ2v) is 4.83. The number of rotatable bonds is 3. The van der Waals surface area contributed by atoms with Crippen molar-refractivity contribution in [2.75, 3.05) is 0 Å². The molecule has 1 heterocycles. The Labute approximate surface area is 118 Å². The minimum atomic E-state index is -0.422. The standard InChI is InChI=1S/C17H15NO2/c1-2-3-12-6-9-15-16(10-12)20-17(19-15)14-7-4-13(11-18)5-8-14/h4-10,17H,2-3H2,1H3. The molecule has 0 saturated heterocycles. The van der Waals surface area contributed by atoms with Crippen LogP contribution in [0.3, 0.4) is 0 Å². The average molecular weight is 265 g/mol. The van der Waals surface area contributed by atoms with Crippen molar-refractivity contribution in [3.8, 4) is 17.6 Å². The van der Waals surface area contributed by atoms with Crippen molar-refractivity contribution >= 4 is 0 Å². The summed E-state index contributed by atoms with van der Waals surface area (Å²) in [5.41, 5.74) is 2.81. The first-order chi connectivity index (χ1) is 9.80. The molecule has 20 heavy (non-hydrogen) atoms. The number of hydrogen-bond acceptors (Lipinski definition) is 3. The third-order valence-corrected chi connectivity index (χ3v) is 3.33. The van der Waals surface area contributed by atoms with Crippen LogP contribution in [0, 0.1) is 11.3 Å². The smallest absolute Gasteiger partial charge is 0.267 e. The molecular weight excluding hydrogens is 250 g/mol. The molecular formula is C17H15NO2. The Morgan fingerprint density at radius 3 is 2.50 bits per heavy atom. The van der Waals surface area contributed by atoms with Crippen molar-refractivity contribution in [3.63, 3.8) is 0 Å². The lowest BCUT2D eigenvalue weighted by Crippen LogP contribution is -2.07. The van der Waals surface area contributed by atoms with Crippen molar-refractivity contribution < 1.29 is 9.47 Å². The molecule has 2 aromatic rings. The van der Waals surface area contributed by atoms with Gasteiger partial charge in [-0.1, -0.05) is 31.5 Å². The van der Waals surface area contributed by atoms with E-state index in [2.05, 4.69) is 19.1 Å². The van der Waals surface area contributed by atoms with Gasteiger partial charge in [-0.05, 0) is 36.2 Å². The van der Waals surface area contributed by atoms with Crippen molar-refractivity contribution in [3.05, 3.63) is 59.2 Å². The van der Waals surface area contributed by atoms with Crippen molar-refractivity contribution in [2.24, 2.45) is 0 Å². The van der Waals surface area contributed by atoms with Crippen LogP contribution in [0.2, 0.25) is 0 Å². The summed E-state index contributed by atoms with van der Waals surface area (Å²) in [4.78, 5) is 0. The Hall–Kier alpha value is -2.47. The maximum Gasteiger partial charge on any atom is 0.267 e. The Bertz CT molecular complexity index is 656. The van der Waals surface area contributed by atoms with Crippen molar-refractivity contribution in [2.45, 2.75) is 26.1 Å². The van der Waals surface area contributed by atoms with E-state index in [9.17, 15) is 0 Å². The lowest BCUT2D eigenvalue weighted by Gasteiger charge is -2.10. The van der Waals surface area contributed by atoms with E-state index < -0.39 is 6.29 Å². The highest BCUT2D eigenvalue weighted by molar-refractivity contribution is 5.46. The molecule has 0 amide bonds. The van der Waals surface area contributed by atoms with Gasteiger partial charge in [0, 0.05) is 5.56 Å². The summed E-state index contributed by atoms with van der Waals surface area (Å²) in [6.45, 7) is 2.16. The zero-order valence-corrected chi connectivity index (χ0v) is 11.3. The first-order valence-electron chi connectivity index (χ1n) is 6.76. The monoisotopic (exact) mass is 265 g/mol.